The van der Waals surface area contributed by atoms with Crippen LogP contribution in [0.2, 0.25) is 0 Å². The van der Waals surface area contributed by atoms with Gasteiger partial charge >= 0.3 is 5.91 Å². The van der Waals surface area contributed by atoms with Crippen molar-refractivity contribution in [2.24, 2.45) is 0 Å². The number of aliphatic hydroxyl groups is 1. The fraction of sp³-hybridized carbons (Fsp3) is 0.143. The van der Waals surface area contributed by atoms with Gasteiger partial charge < -0.3 is 14.2 Å². The minimum atomic E-state index is -1.04. The zero-order chi connectivity index (χ0) is 26.7. The first-order valence-electron chi connectivity index (χ1n) is 11.7. The lowest BCUT2D eigenvalue weighted by Crippen LogP contribution is -2.29. The summed E-state index contributed by atoms with van der Waals surface area (Å²) in [5.41, 5.74) is 3.24. The number of ether oxygens (including phenoxy) is 1. The number of hydrogen-bond acceptors (Lipinski definition) is 7. The van der Waals surface area contributed by atoms with E-state index in [-0.39, 0.29) is 16.4 Å². The second kappa shape index (κ2) is 8.77. The molecule has 0 radical (unpaired) electrons. The number of fused-ring (bicyclic) bond motifs is 2. The Morgan fingerprint density at radius 3 is 2.55 bits per heavy atom. The number of thiazole rings is 1. The van der Waals surface area contributed by atoms with Crippen LogP contribution in [0.3, 0.4) is 0 Å². The lowest BCUT2D eigenvalue weighted by Gasteiger charge is -2.22. The van der Waals surface area contributed by atoms with E-state index in [2.05, 4.69) is 9.97 Å². The first kappa shape index (κ1) is 23.8. The summed E-state index contributed by atoms with van der Waals surface area (Å²) < 4.78 is 21.7. The molecule has 1 amide bonds. The molecule has 1 unspecified atom stereocenters. The smallest absolute Gasteiger partial charge is 0.301 e. The number of carbonyl (C=O) groups is 2. The van der Waals surface area contributed by atoms with Gasteiger partial charge in [-0.2, -0.15) is 0 Å². The molecule has 5 aromatic rings. The quantitative estimate of drug-likeness (QED) is 0.192. The van der Waals surface area contributed by atoms with Crippen molar-refractivity contribution >= 4 is 49.8 Å². The molecule has 1 fully saturated rings. The molecule has 1 N–H and O–H groups in total. The van der Waals surface area contributed by atoms with Crippen LogP contribution in [0.1, 0.15) is 28.6 Å². The van der Waals surface area contributed by atoms with Gasteiger partial charge in [-0.15, -0.1) is 0 Å². The highest BCUT2D eigenvalue weighted by Gasteiger charge is 2.48. The highest BCUT2D eigenvalue weighted by Crippen LogP contribution is 2.45. The van der Waals surface area contributed by atoms with E-state index in [0.29, 0.717) is 28.2 Å². The second-order valence-electron chi connectivity index (χ2n) is 8.98. The van der Waals surface area contributed by atoms with Crippen molar-refractivity contribution in [2.45, 2.75) is 19.9 Å². The number of hydrogen-bond donors (Lipinski definition) is 1. The number of methoxy groups -OCH3 is 1. The molecule has 0 spiro atoms. The van der Waals surface area contributed by atoms with Crippen molar-refractivity contribution in [1.82, 2.24) is 14.4 Å². The lowest BCUT2D eigenvalue weighted by atomic mass is 9.96. The van der Waals surface area contributed by atoms with Gasteiger partial charge in [0, 0.05) is 6.20 Å². The van der Waals surface area contributed by atoms with Crippen LogP contribution in [0.25, 0.3) is 21.6 Å². The van der Waals surface area contributed by atoms with E-state index >= 15 is 0 Å². The van der Waals surface area contributed by atoms with Crippen molar-refractivity contribution in [3.8, 4) is 5.75 Å². The van der Waals surface area contributed by atoms with E-state index in [1.165, 1.54) is 40.5 Å². The van der Waals surface area contributed by atoms with Crippen LogP contribution in [0, 0.1) is 19.7 Å². The molecule has 3 aromatic heterocycles. The predicted octanol–water partition coefficient (Wildman–Crippen LogP) is 5.33. The van der Waals surface area contributed by atoms with Gasteiger partial charge in [0.05, 0.1) is 34.6 Å². The first-order valence-corrected chi connectivity index (χ1v) is 12.6. The number of aromatic nitrogens is 3. The van der Waals surface area contributed by atoms with Crippen molar-refractivity contribution in [3.05, 3.63) is 94.7 Å². The van der Waals surface area contributed by atoms with Crippen molar-refractivity contribution in [2.75, 3.05) is 12.0 Å². The molecule has 38 heavy (non-hydrogen) atoms. The number of aliphatic hydroxyl groups excluding tert-OH is 1. The average Bonchev–Trinajstić information content (AvgIpc) is 3.56. The van der Waals surface area contributed by atoms with E-state index in [9.17, 15) is 19.1 Å². The molecule has 1 saturated heterocycles. The number of amides is 1. The fourth-order valence-electron chi connectivity index (χ4n) is 4.79. The molecule has 190 valence electrons. The number of aryl methyl sites for hydroxylation is 2. The number of halogens is 1. The van der Waals surface area contributed by atoms with E-state index in [1.807, 2.05) is 29.7 Å². The van der Waals surface area contributed by atoms with Crippen LogP contribution < -0.4 is 9.64 Å². The maximum Gasteiger partial charge on any atom is 0.301 e. The summed E-state index contributed by atoms with van der Waals surface area (Å²) in [6.45, 7) is 3.67. The Bertz CT molecular complexity index is 1810. The van der Waals surface area contributed by atoms with Crippen LogP contribution >= 0.6 is 11.3 Å². The first-order chi connectivity index (χ1) is 18.3. The third kappa shape index (κ3) is 3.56. The Morgan fingerprint density at radius 1 is 1.08 bits per heavy atom. The normalized spacial score (nSPS) is 17.2. The zero-order valence-corrected chi connectivity index (χ0v) is 21.4. The van der Waals surface area contributed by atoms with Gasteiger partial charge in [-0.1, -0.05) is 29.5 Å². The Kier molecular flexibility index (Phi) is 5.50. The molecule has 10 heteroatoms. The summed E-state index contributed by atoms with van der Waals surface area (Å²) in [4.78, 5) is 37.4. The molecule has 0 saturated carbocycles. The van der Waals surface area contributed by atoms with Gasteiger partial charge in [0.2, 0.25) is 0 Å². The number of nitrogens with zero attached hydrogens (tertiary/aromatic N) is 4. The van der Waals surface area contributed by atoms with E-state index in [0.717, 1.165) is 10.3 Å². The number of imidazole rings is 1. The third-order valence-electron chi connectivity index (χ3n) is 6.73. The molecular formula is C28H21FN4O4S. The number of benzene rings is 2. The maximum absolute atomic E-state index is 13.8. The largest absolute Gasteiger partial charge is 0.505 e. The predicted molar refractivity (Wildman–Crippen MR) is 142 cm³/mol. The number of rotatable bonds is 4. The Balaban J connectivity index is 1.58. The summed E-state index contributed by atoms with van der Waals surface area (Å²) in [6, 6.07) is 13.5. The van der Waals surface area contributed by atoms with Gasteiger partial charge in [0.15, 0.2) is 10.9 Å². The molecule has 6 rings (SSSR count). The number of anilines is 1. The highest BCUT2D eigenvalue weighted by atomic mass is 32.1. The maximum atomic E-state index is 13.8. The molecular weight excluding hydrogens is 507 g/mol. The van der Waals surface area contributed by atoms with Crippen molar-refractivity contribution < 1.29 is 23.8 Å². The minimum Gasteiger partial charge on any atom is -0.505 e. The number of Topliss-reactive ketones (excluding diaryl/α,β-unsaturated/α-hetero) is 1. The van der Waals surface area contributed by atoms with Crippen molar-refractivity contribution in [1.29, 1.82) is 0 Å². The lowest BCUT2D eigenvalue weighted by molar-refractivity contribution is -0.132. The Labute approximate surface area is 220 Å². The molecule has 1 aliphatic heterocycles. The van der Waals surface area contributed by atoms with Crippen LogP contribution in [0.4, 0.5) is 9.52 Å². The number of ketones is 1. The van der Waals surface area contributed by atoms with Crippen LogP contribution in [-0.4, -0.2) is 38.3 Å². The average molecular weight is 529 g/mol. The summed E-state index contributed by atoms with van der Waals surface area (Å²) in [6.07, 6.45) is 1.81. The molecule has 0 aliphatic carbocycles. The standard InChI is InChI=1S/C28H21FN4O4S/c1-14-5-4-12-32-15(2)22(31-26(14)32)24(34)21-23(16-6-8-17(29)9-7-16)33(27(36)25(21)35)28-30-19-11-10-18(37-3)13-20(19)38-28/h4-13,23,34H,1-3H3/b24-21+. The van der Waals surface area contributed by atoms with Crippen LogP contribution in [0.5, 0.6) is 5.75 Å². The molecule has 2 aromatic carbocycles. The van der Waals surface area contributed by atoms with Gasteiger partial charge in [-0.3, -0.25) is 14.5 Å². The molecule has 1 aliphatic rings. The van der Waals surface area contributed by atoms with E-state index in [1.54, 1.807) is 32.2 Å². The summed E-state index contributed by atoms with van der Waals surface area (Å²) >= 11 is 1.21. The summed E-state index contributed by atoms with van der Waals surface area (Å²) in [5, 5.41) is 11.8. The van der Waals surface area contributed by atoms with Gasteiger partial charge in [-0.05, 0) is 61.4 Å². The topological polar surface area (TPSA) is 97.0 Å². The SMILES string of the molecule is COc1ccc2nc(N3C(=O)C(=O)/C(=C(/O)c4nc5c(C)cccn5c4C)C3c3ccc(F)cc3)sc2c1. The van der Waals surface area contributed by atoms with Gasteiger partial charge in [0.25, 0.3) is 5.78 Å². The van der Waals surface area contributed by atoms with Crippen molar-refractivity contribution in [3.63, 3.8) is 0 Å². The van der Waals surface area contributed by atoms with Crippen LogP contribution in [0.15, 0.2) is 66.4 Å². The number of carbonyl (C=O) groups excluding carboxylic acids is 2. The summed E-state index contributed by atoms with van der Waals surface area (Å²) in [7, 11) is 1.55. The highest BCUT2D eigenvalue weighted by molar-refractivity contribution is 7.22. The molecule has 8 nitrogen and oxygen atoms in total. The molecule has 1 atom stereocenters. The van der Waals surface area contributed by atoms with E-state index < -0.39 is 29.3 Å². The summed E-state index contributed by atoms with van der Waals surface area (Å²) in [5.74, 6) is -1.96. The number of pyridine rings is 1. The molecule has 0 bridgehead atoms. The minimum absolute atomic E-state index is 0.136. The van der Waals surface area contributed by atoms with Gasteiger partial charge in [-0.25, -0.2) is 14.4 Å². The van der Waals surface area contributed by atoms with Crippen LogP contribution in [-0.2, 0) is 9.59 Å². The van der Waals surface area contributed by atoms with E-state index in [4.69, 9.17) is 4.74 Å². The molecule has 4 heterocycles. The Morgan fingerprint density at radius 2 is 1.84 bits per heavy atom. The van der Waals surface area contributed by atoms with Gasteiger partial charge in [0.1, 0.15) is 22.9 Å². The third-order valence-corrected chi connectivity index (χ3v) is 7.75. The zero-order valence-electron chi connectivity index (χ0n) is 20.6. The monoisotopic (exact) mass is 528 g/mol. The fourth-order valence-corrected chi connectivity index (χ4v) is 5.81. The Hall–Kier alpha value is -4.57. The second-order valence-corrected chi connectivity index (χ2v) is 9.99.